The fourth-order valence-electron chi connectivity index (χ4n) is 4.15. The molecule has 2 heterocycles. The van der Waals surface area contributed by atoms with Crippen molar-refractivity contribution in [2.75, 3.05) is 0 Å². The predicted molar refractivity (Wildman–Crippen MR) is 133 cm³/mol. The molecule has 1 amide bonds. The Morgan fingerprint density at radius 2 is 1.79 bits per heavy atom. The van der Waals surface area contributed by atoms with E-state index in [9.17, 15) is 4.79 Å². The highest BCUT2D eigenvalue weighted by Gasteiger charge is 2.17. The molecule has 5 aromatic rings. The molecular formula is C28H25N5O. The van der Waals surface area contributed by atoms with E-state index in [1.165, 1.54) is 0 Å². The van der Waals surface area contributed by atoms with Crippen LogP contribution in [0.15, 0.2) is 97.5 Å². The molecule has 0 aliphatic carbocycles. The van der Waals surface area contributed by atoms with Gasteiger partial charge in [0, 0.05) is 28.9 Å². The third kappa shape index (κ3) is 4.57. The number of amides is 1. The Kier molecular flexibility index (Phi) is 6.12. The van der Waals surface area contributed by atoms with Crippen molar-refractivity contribution in [1.82, 2.24) is 25.3 Å². The van der Waals surface area contributed by atoms with Crippen LogP contribution in [0.4, 0.5) is 0 Å². The van der Waals surface area contributed by atoms with Crippen LogP contribution in [0.3, 0.4) is 0 Å². The summed E-state index contributed by atoms with van der Waals surface area (Å²) in [6, 6.07) is 25.8. The number of rotatable bonds is 7. The summed E-state index contributed by atoms with van der Waals surface area (Å²) in [5, 5.41) is 14.0. The Morgan fingerprint density at radius 3 is 2.65 bits per heavy atom. The second kappa shape index (κ2) is 9.67. The third-order valence-corrected chi connectivity index (χ3v) is 5.98. The Morgan fingerprint density at radius 1 is 0.971 bits per heavy atom. The molecule has 0 spiro atoms. The summed E-state index contributed by atoms with van der Waals surface area (Å²) >= 11 is 0. The number of hydrogen-bond donors (Lipinski definition) is 1. The maximum atomic E-state index is 13.2. The van der Waals surface area contributed by atoms with Crippen LogP contribution in [0.25, 0.3) is 22.0 Å². The molecule has 0 unspecified atom stereocenters. The summed E-state index contributed by atoms with van der Waals surface area (Å²) in [5.41, 5.74) is 4.42. The van der Waals surface area contributed by atoms with E-state index >= 15 is 0 Å². The average Bonchev–Trinajstić information content (AvgIpc) is 3.36. The van der Waals surface area contributed by atoms with E-state index in [0.717, 1.165) is 39.6 Å². The maximum absolute atomic E-state index is 13.2. The molecule has 168 valence electrons. The van der Waals surface area contributed by atoms with Crippen molar-refractivity contribution >= 4 is 16.7 Å². The number of carbonyl (C=O) groups excluding carboxylic acids is 1. The molecule has 5 rings (SSSR count). The van der Waals surface area contributed by atoms with E-state index in [1.807, 2.05) is 85.2 Å². The van der Waals surface area contributed by atoms with Gasteiger partial charge in [-0.05, 0) is 41.1 Å². The minimum absolute atomic E-state index is 0.0390. The van der Waals surface area contributed by atoms with Gasteiger partial charge in [0.15, 0.2) is 0 Å². The minimum atomic E-state index is -0.0882. The number of carbonyl (C=O) groups is 1. The number of aromatic nitrogens is 4. The molecule has 0 fully saturated rings. The monoisotopic (exact) mass is 447 g/mol. The summed E-state index contributed by atoms with van der Waals surface area (Å²) in [4.78, 5) is 17.4. The second-order valence-electron chi connectivity index (χ2n) is 8.24. The van der Waals surface area contributed by atoms with Gasteiger partial charge in [-0.2, -0.15) is 0 Å². The SMILES string of the molecule is CC[C@@H](NC(=O)c1ccccc1Cn1cc(-c2ccc3cnccc3c2)nn1)c1ccccc1. The van der Waals surface area contributed by atoms with Gasteiger partial charge in [0.25, 0.3) is 5.91 Å². The zero-order chi connectivity index (χ0) is 23.3. The molecule has 6 heteroatoms. The van der Waals surface area contributed by atoms with E-state index in [1.54, 1.807) is 10.9 Å². The maximum Gasteiger partial charge on any atom is 0.252 e. The standard InChI is InChI=1S/C28H25N5O/c1-2-26(20-8-4-3-5-9-20)30-28(34)25-11-7-6-10-24(25)18-33-19-27(31-32-33)22-12-13-23-17-29-15-14-21(23)16-22/h3-17,19,26H,2,18H2,1H3,(H,30,34)/t26-/m1/s1. The Balaban J connectivity index is 1.36. The first-order valence-electron chi connectivity index (χ1n) is 11.4. The molecule has 1 N–H and O–H groups in total. The van der Waals surface area contributed by atoms with Crippen LogP contribution < -0.4 is 5.32 Å². The molecular weight excluding hydrogens is 422 g/mol. The Bertz CT molecular complexity index is 1430. The van der Waals surface area contributed by atoms with Crippen LogP contribution in [0, 0.1) is 0 Å². The lowest BCUT2D eigenvalue weighted by Gasteiger charge is -2.18. The van der Waals surface area contributed by atoms with E-state index < -0.39 is 0 Å². The quantitative estimate of drug-likeness (QED) is 0.361. The molecule has 6 nitrogen and oxygen atoms in total. The van der Waals surface area contributed by atoms with Crippen LogP contribution in [-0.4, -0.2) is 25.9 Å². The molecule has 0 saturated carbocycles. The van der Waals surface area contributed by atoms with Crippen molar-refractivity contribution in [2.24, 2.45) is 0 Å². The lowest BCUT2D eigenvalue weighted by Crippen LogP contribution is -2.29. The highest BCUT2D eigenvalue weighted by molar-refractivity contribution is 5.96. The van der Waals surface area contributed by atoms with Crippen molar-refractivity contribution in [3.05, 3.63) is 114 Å². The molecule has 0 bridgehead atoms. The number of nitrogens with one attached hydrogen (secondary N) is 1. The van der Waals surface area contributed by atoms with Gasteiger partial charge >= 0.3 is 0 Å². The van der Waals surface area contributed by atoms with Gasteiger partial charge in [-0.1, -0.05) is 72.8 Å². The topological polar surface area (TPSA) is 72.7 Å². The fraction of sp³-hybridized carbons (Fsp3) is 0.143. The molecule has 34 heavy (non-hydrogen) atoms. The molecule has 0 saturated heterocycles. The molecule has 0 radical (unpaired) electrons. The largest absolute Gasteiger partial charge is 0.345 e. The van der Waals surface area contributed by atoms with Crippen LogP contribution in [-0.2, 0) is 6.54 Å². The van der Waals surface area contributed by atoms with Gasteiger partial charge in [-0.25, -0.2) is 4.68 Å². The van der Waals surface area contributed by atoms with Crippen molar-refractivity contribution in [3.63, 3.8) is 0 Å². The minimum Gasteiger partial charge on any atom is -0.345 e. The van der Waals surface area contributed by atoms with E-state index in [4.69, 9.17) is 0 Å². The summed E-state index contributed by atoms with van der Waals surface area (Å²) in [6.07, 6.45) is 6.35. The van der Waals surface area contributed by atoms with Crippen molar-refractivity contribution in [2.45, 2.75) is 25.9 Å². The number of nitrogens with zero attached hydrogens (tertiary/aromatic N) is 4. The summed E-state index contributed by atoms with van der Waals surface area (Å²) < 4.78 is 1.77. The van der Waals surface area contributed by atoms with Crippen LogP contribution in [0.5, 0.6) is 0 Å². The van der Waals surface area contributed by atoms with Crippen molar-refractivity contribution < 1.29 is 4.79 Å². The summed E-state index contributed by atoms with van der Waals surface area (Å²) in [6.45, 7) is 2.53. The molecule has 0 aliphatic rings. The lowest BCUT2D eigenvalue weighted by atomic mass is 10.0. The van der Waals surface area contributed by atoms with Gasteiger partial charge in [0.1, 0.15) is 5.69 Å². The van der Waals surface area contributed by atoms with Crippen molar-refractivity contribution in [1.29, 1.82) is 0 Å². The normalized spacial score (nSPS) is 11.9. The molecule has 2 aromatic heterocycles. The van der Waals surface area contributed by atoms with Crippen LogP contribution >= 0.6 is 0 Å². The predicted octanol–water partition coefficient (Wildman–Crippen LogP) is 5.42. The first kappa shape index (κ1) is 21.5. The van der Waals surface area contributed by atoms with Crippen molar-refractivity contribution in [3.8, 4) is 11.3 Å². The number of benzene rings is 3. The zero-order valence-electron chi connectivity index (χ0n) is 18.9. The Labute approximate surface area is 198 Å². The fourth-order valence-corrected chi connectivity index (χ4v) is 4.15. The second-order valence-corrected chi connectivity index (χ2v) is 8.24. The summed E-state index contributed by atoms with van der Waals surface area (Å²) in [5.74, 6) is -0.0882. The van der Waals surface area contributed by atoms with Crippen LogP contribution in [0.1, 0.15) is 40.9 Å². The number of fused-ring (bicyclic) bond motifs is 1. The van der Waals surface area contributed by atoms with Gasteiger partial charge in [-0.3, -0.25) is 9.78 Å². The zero-order valence-corrected chi connectivity index (χ0v) is 18.9. The van der Waals surface area contributed by atoms with Gasteiger partial charge < -0.3 is 5.32 Å². The number of pyridine rings is 1. The van der Waals surface area contributed by atoms with Crippen LogP contribution in [0.2, 0.25) is 0 Å². The highest BCUT2D eigenvalue weighted by atomic mass is 16.1. The van der Waals surface area contributed by atoms with Gasteiger partial charge in [-0.15, -0.1) is 5.10 Å². The average molecular weight is 448 g/mol. The van der Waals surface area contributed by atoms with E-state index in [-0.39, 0.29) is 11.9 Å². The smallest absolute Gasteiger partial charge is 0.252 e. The molecule has 0 aliphatic heterocycles. The van der Waals surface area contributed by atoms with Gasteiger partial charge in [0.05, 0.1) is 18.8 Å². The highest BCUT2D eigenvalue weighted by Crippen LogP contribution is 2.23. The van der Waals surface area contributed by atoms with E-state index in [0.29, 0.717) is 12.1 Å². The summed E-state index contributed by atoms with van der Waals surface area (Å²) in [7, 11) is 0. The lowest BCUT2D eigenvalue weighted by molar-refractivity contribution is 0.0934. The first-order chi connectivity index (χ1) is 16.7. The number of hydrogen-bond acceptors (Lipinski definition) is 4. The molecule has 1 atom stereocenters. The van der Waals surface area contributed by atoms with E-state index in [2.05, 4.69) is 33.6 Å². The third-order valence-electron chi connectivity index (χ3n) is 5.98. The molecule has 3 aromatic carbocycles. The first-order valence-corrected chi connectivity index (χ1v) is 11.4. The van der Waals surface area contributed by atoms with Gasteiger partial charge in [0.2, 0.25) is 0 Å². The Hall–Kier alpha value is -4.32.